The molecule has 9 heteroatoms. The van der Waals surface area contributed by atoms with Crippen molar-refractivity contribution in [3.05, 3.63) is 24.3 Å². The van der Waals surface area contributed by atoms with Crippen molar-refractivity contribution in [3.8, 4) is 0 Å². The third-order valence-electron chi connectivity index (χ3n) is 3.72. The van der Waals surface area contributed by atoms with E-state index in [1.807, 2.05) is 0 Å². The second-order valence-electron chi connectivity index (χ2n) is 6.17. The summed E-state index contributed by atoms with van der Waals surface area (Å²) in [5, 5.41) is 16.7. The maximum absolute atomic E-state index is 11.4. The minimum Gasteiger partial charge on any atom is -0.480 e. The van der Waals surface area contributed by atoms with Crippen molar-refractivity contribution in [2.45, 2.75) is 51.6 Å². The van der Waals surface area contributed by atoms with Crippen LogP contribution in [0.3, 0.4) is 0 Å². The van der Waals surface area contributed by atoms with E-state index in [-0.39, 0.29) is 11.9 Å². The van der Waals surface area contributed by atoms with Crippen LogP contribution in [0.5, 0.6) is 0 Å². The summed E-state index contributed by atoms with van der Waals surface area (Å²) in [5.41, 5.74) is 0.782. The van der Waals surface area contributed by atoms with E-state index in [9.17, 15) is 19.2 Å². The lowest BCUT2D eigenvalue weighted by molar-refractivity contribution is -0.476. The summed E-state index contributed by atoms with van der Waals surface area (Å²) in [5.74, 6) is -1.92. The fourth-order valence-corrected chi connectivity index (χ4v) is 2.27. The van der Waals surface area contributed by atoms with Crippen LogP contribution in [-0.4, -0.2) is 63.0 Å². The number of allylic oxidation sites excluding steroid dienone is 1. The largest absolute Gasteiger partial charge is 0.480 e. The van der Waals surface area contributed by atoms with E-state index >= 15 is 0 Å². The number of carboxylic acids is 2. The number of halogens is 1. The van der Waals surface area contributed by atoms with E-state index in [1.165, 1.54) is 4.90 Å². The number of carboxylic acid groups (broad SMARTS) is 2. The van der Waals surface area contributed by atoms with E-state index in [1.54, 1.807) is 20.1 Å². The number of hydrogen-bond donors (Lipinski definition) is 3. The molecule has 27 heavy (non-hydrogen) atoms. The molecule has 3 N–H and O–H groups in total. The Bertz CT molecular complexity index is 632. The summed E-state index contributed by atoms with van der Waals surface area (Å²) >= 11 is 4.87. The summed E-state index contributed by atoms with van der Waals surface area (Å²) in [6, 6.07) is -0.973. The van der Waals surface area contributed by atoms with Crippen LogP contribution in [0.1, 0.15) is 39.5 Å². The van der Waals surface area contributed by atoms with E-state index in [4.69, 9.17) is 21.8 Å². The van der Waals surface area contributed by atoms with Crippen molar-refractivity contribution < 1.29 is 34.4 Å². The molecule has 8 nitrogen and oxygen atoms in total. The van der Waals surface area contributed by atoms with Gasteiger partial charge in [0.15, 0.2) is 0 Å². The van der Waals surface area contributed by atoms with Gasteiger partial charge in [-0.15, -0.1) is 0 Å². The van der Waals surface area contributed by atoms with E-state index in [0.717, 1.165) is 19.3 Å². The molecule has 2 heterocycles. The molecule has 2 aliphatic heterocycles. The van der Waals surface area contributed by atoms with Gasteiger partial charge in [-0.2, -0.15) is 0 Å². The molecule has 0 bridgehead atoms. The quantitative estimate of drug-likeness (QED) is 0.461. The van der Waals surface area contributed by atoms with Gasteiger partial charge in [0.25, 0.3) is 0 Å². The lowest BCUT2D eigenvalue weighted by atomic mass is 10.2. The molecule has 0 saturated carbocycles. The van der Waals surface area contributed by atoms with Gasteiger partial charge < -0.3 is 15.1 Å². The Morgan fingerprint density at radius 2 is 1.63 bits per heavy atom. The highest BCUT2D eigenvalue weighted by Crippen LogP contribution is 2.19. The fraction of sp³-hybridized carbons (Fsp3) is 0.500. The Morgan fingerprint density at radius 1 is 1.07 bits per heavy atom. The van der Waals surface area contributed by atoms with E-state index < -0.39 is 23.2 Å². The maximum Gasteiger partial charge on any atom is 0.372 e. The van der Waals surface area contributed by atoms with Gasteiger partial charge in [0.1, 0.15) is 12.3 Å². The highest BCUT2D eigenvalue weighted by Gasteiger charge is 2.33. The number of likely N-dealkylation sites (tertiary alicyclic amines) is 1. The van der Waals surface area contributed by atoms with Crippen LogP contribution in [0, 0.1) is 0 Å². The number of nitrogens with zero attached hydrogens (tertiary/aromatic N) is 1. The monoisotopic (exact) mass is 401 g/mol. The van der Waals surface area contributed by atoms with Crippen LogP contribution < -0.4 is 4.99 Å². The third kappa shape index (κ3) is 9.14. The van der Waals surface area contributed by atoms with Crippen LogP contribution in [-0.2, 0) is 19.2 Å². The number of carbonyl (C=O) groups excluding carboxylic acids is 2. The maximum atomic E-state index is 11.4. The summed E-state index contributed by atoms with van der Waals surface area (Å²) in [6.45, 7) is 10.5. The molecule has 2 atom stereocenters. The van der Waals surface area contributed by atoms with Gasteiger partial charge in [-0.25, -0.2) is 14.6 Å². The highest BCUT2D eigenvalue weighted by atomic mass is 35.5. The zero-order chi connectivity index (χ0) is 21.1. The predicted molar refractivity (Wildman–Crippen MR) is 101 cm³/mol. The number of amides is 1. The molecule has 0 aromatic carbocycles. The van der Waals surface area contributed by atoms with Crippen molar-refractivity contribution in [3.63, 3.8) is 0 Å². The molecular formula is C18H26ClN2O6+. The van der Waals surface area contributed by atoms with Gasteiger partial charge in [-0.05, 0) is 38.3 Å². The molecule has 0 aliphatic carbocycles. The average molecular weight is 402 g/mol. The Morgan fingerprint density at radius 3 is 1.93 bits per heavy atom. The molecule has 0 aromatic rings. The van der Waals surface area contributed by atoms with Gasteiger partial charge >= 0.3 is 11.9 Å². The van der Waals surface area contributed by atoms with E-state index in [0.29, 0.717) is 24.1 Å². The minimum absolute atomic E-state index is 0.245. The van der Waals surface area contributed by atoms with Crippen molar-refractivity contribution in [2.75, 3.05) is 6.54 Å². The standard InChI is InChI=1S/C9H13NO3.C5H7NO2.C4H5ClO/c1-6(2)8(11)10-5-3-4-7(10)9(12)13;7-5(8)4-2-1-3-6-4;1-3(2)4(5)6/h7H,1,3-5H2,2H3,(H,12,13);3-4H,1-2H2,(H,7,8);1H2,2H3/p+1/t7-;4-;/m11./s1. The second-order valence-corrected chi connectivity index (χ2v) is 6.51. The van der Waals surface area contributed by atoms with E-state index in [2.05, 4.69) is 18.2 Å². The Hall–Kier alpha value is -2.48. The topological polar surface area (TPSA) is 126 Å². The predicted octanol–water partition coefficient (Wildman–Crippen LogP) is 0.351. The molecule has 0 spiro atoms. The molecule has 0 unspecified atom stereocenters. The molecule has 1 fully saturated rings. The first-order valence-corrected chi connectivity index (χ1v) is 8.72. The molecule has 0 aromatic heterocycles. The van der Waals surface area contributed by atoms with Crippen molar-refractivity contribution >= 4 is 40.9 Å². The zero-order valence-corrected chi connectivity index (χ0v) is 16.3. The zero-order valence-electron chi connectivity index (χ0n) is 15.5. The van der Waals surface area contributed by atoms with Crippen molar-refractivity contribution in [2.24, 2.45) is 0 Å². The SMILES string of the molecule is C=C(C)C(=O)Cl.C=C(C)C(=O)N1CCC[C@@H]1C(=O)O.O=C(O)[C@H]1CCC=[NH+]1. The summed E-state index contributed by atoms with van der Waals surface area (Å²) in [7, 11) is 0. The smallest absolute Gasteiger partial charge is 0.372 e. The number of carbonyl (C=O) groups is 4. The van der Waals surface area contributed by atoms with Gasteiger partial charge in [0.05, 0.1) is 0 Å². The van der Waals surface area contributed by atoms with Crippen LogP contribution in [0.25, 0.3) is 0 Å². The normalized spacial score (nSPS) is 19.9. The first kappa shape index (κ1) is 24.5. The summed E-state index contributed by atoms with van der Waals surface area (Å²) in [6.07, 6.45) is 4.70. The van der Waals surface area contributed by atoms with Crippen LogP contribution in [0.4, 0.5) is 0 Å². The van der Waals surface area contributed by atoms with Gasteiger partial charge in [-0.3, -0.25) is 9.59 Å². The lowest BCUT2D eigenvalue weighted by Gasteiger charge is -2.21. The fourth-order valence-electron chi connectivity index (χ4n) is 2.27. The molecule has 150 valence electrons. The average Bonchev–Trinajstić information content (AvgIpc) is 3.26. The first-order chi connectivity index (χ1) is 12.5. The Kier molecular flexibility index (Phi) is 10.9. The number of aliphatic carboxylic acids is 2. The van der Waals surface area contributed by atoms with Gasteiger partial charge in [0, 0.05) is 30.5 Å². The Labute approximate surface area is 163 Å². The van der Waals surface area contributed by atoms with Crippen molar-refractivity contribution in [1.29, 1.82) is 0 Å². The molecule has 1 saturated heterocycles. The molecule has 2 aliphatic rings. The second kappa shape index (κ2) is 12.0. The Balaban J connectivity index is 0.000000413. The molecule has 2 rings (SSSR count). The number of hydrogen-bond acceptors (Lipinski definition) is 4. The third-order valence-corrected chi connectivity index (χ3v) is 4.04. The molecule has 1 amide bonds. The number of nitrogens with one attached hydrogen (secondary N) is 1. The van der Waals surface area contributed by atoms with Gasteiger partial charge in [0.2, 0.25) is 17.2 Å². The van der Waals surface area contributed by atoms with Crippen LogP contribution >= 0.6 is 11.6 Å². The molecule has 0 radical (unpaired) electrons. The lowest BCUT2D eigenvalue weighted by Crippen LogP contribution is -2.75. The molecular weight excluding hydrogens is 376 g/mol. The highest BCUT2D eigenvalue weighted by molar-refractivity contribution is 6.67. The summed E-state index contributed by atoms with van der Waals surface area (Å²) < 4.78 is 0. The summed E-state index contributed by atoms with van der Waals surface area (Å²) in [4.78, 5) is 46.2. The van der Waals surface area contributed by atoms with Gasteiger partial charge in [-0.1, -0.05) is 13.2 Å². The van der Waals surface area contributed by atoms with Crippen LogP contribution in [0.15, 0.2) is 24.3 Å². The van der Waals surface area contributed by atoms with Crippen molar-refractivity contribution in [1.82, 2.24) is 4.90 Å². The minimum atomic E-state index is -0.924. The first-order valence-electron chi connectivity index (χ1n) is 8.34. The van der Waals surface area contributed by atoms with Crippen LogP contribution in [0.2, 0.25) is 0 Å². The number of rotatable bonds is 4.